The van der Waals surface area contributed by atoms with Crippen molar-refractivity contribution in [3.63, 3.8) is 0 Å². The molecule has 35 heavy (non-hydrogen) atoms. The Kier molecular flexibility index (Phi) is 6.86. The number of aryl methyl sites for hydroxylation is 1. The number of nitrogens with zero attached hydrogens (tertiary/aromatic N) is 3. The van der Waals surface area contributed by atoms with Crippen LogP contribution in [0.1, 0.15) is 33.4 Å². The Balaban J connectivity index is 1.67. The number of carbonyl (C=O) groups is 1. The molecule has 4 aromatic rings. The van der Waals surface area contributed by atoms with E-state index in [1.54, 1.807) is 12.3 Å². The Morgan fingerprint density at radius 3 is 2.57 bits per heavy atom. The lowest BCUT2D eigenvalue weighted by Gasteiger charge is -2.20. The summed E-state index contributed by atoms with van der Waals surface area (Å²) in [6.45, 7) is 10.1. The van der Waals surface area contributed by atoms with Crippen LogP contribution in [-0.4, -0.2) is 44.8 Å². The first kappa shape index (κ1) is 24.0. The van der Waals surface area contributed by atoms with Crippen LogP contribution in [-0.2, 0) is 4.79 Å². The molecule has 0 saturated heterocycles. The molecule has 0 aliphatic rings. The summed E-state index contributed by atoms with van der Waals surface area (Å²) in [7, 11) is 0. The standard InChI is InChI=1S/C26H30N6O3/c1-6-34-19-10-11-21-20(13-19)25(29-22-14-27-32-16(22)2)30-24(28-21)17-8-7-9-18(12-17)35-15-23(33)31-26(3,4)5/h7-14H,6,15H2,1-5H3,(H,27,32)(H,31,33)(H,28,29,30). The quantitative estimate of drug-likeness (QED) is 0.337. The molecule has 0 saturated carbocycles. The van der Waals surface area contributed by atoms with Crippen LogP contribution >= 0.6 is 0 Å². The number of hydrogen-bond donors (Lipinski definition) is 3. The number of hydrogen-bond acceptors (Lipinski definition) is 7. The first-order valence-electron chi connectivity index (χ1n) is 11.5. The lowest BCUT2D eigenvalue weighted by atomic mass is 10.1. The topological polar surface area (TPSA) is 114 Å². The van der Waals surface area contributed by atoms with Gasteiger partial charge in [-0.3, -0.25) is 9.89 Å². The SMILES string of the molecule is CCOc1ccc2nc(-c3cccc(OCC(=O)NC(C)(C)C)c3)nc(Nc3cn[nH]c3C)c2c1. The number of aromatic amines is 1. The zero-order valence-electron chi connectivity index (χ0n) is 20.6. The van der Waals surface area contributed by atoms with Crippen LogP contribution in [0.3, 0.4) is 0 Å². The van der Waals surface area contributed by atoms with Crippen LogP contribution in [0.2, 0.25) is 0 Å². The monoisotopic (exact) mass is 474 g/mol. The van der Waals surface area contributed by atoms with Crippen molar-refractivity contribution >= 4 is 28.3 Å². The number of fused-ring (bicyclic) bond motifs is 1. The van der Waals surface area contributed by atoms with Gasteiger partial charge < -0.3 is 20.1 Å². The van der Waals surface area contributed by atoms with E-state index in [0.29, 0.717) is 24.0 Å². The number of carbonyl (C=O) groups excluding carboxylic acids is 1. The molecule has 0 aliphatic heterocycles. The summed E-state index contributed by atoms with van der Waals surface area (Å²) in [5.41, 5.74) is 2.92. The molecule has 0 fully saturated rings. The Labute approximate surface area is 204 Å². The van der Waals surface area contributed by atoms with E-state index < -0.39 is 0 Å². The first-order valence-corrected chi connectivity index (χ1v) is 11.5. The molecule has 0 atom stereocenters. The molecular formula is C26H30N6O3. The Morgan fingerprint density at radius 2 is 1.86 bits per heavy atom. The van der Waals surface area contributed by atoms with Crippen molar-refractivity contribution in [2.24, 2.45) is 0 Å². The van der Waals surface area contributed by atoms with Crippen LogP contribution in [0.15, 0.2) is 48.7 Å². The van der Waals surface area contributed by atoms with Gasteiger partial charge in [0, 0.05) is 16.5 Å². The minimum absolute atomic E-state index is 0.0773. The smallest absolute Gasteiger partial charge is 0.258 e. The molecule has 0 spiro atoms. The van der Waals surface area contributed by atoms with Crippen LogP contribution in [0, 0.1) is 6.92 Å². The summed E-state index contributed by atoms with van der Waals surface area (Å²) in [6.07, 6.45) is 1.71. The maximum atomic E-state index is 12.1. The van der Waals surface area contributed by atoms with Crippen molar-refractivity contribution in [2.75, 3.05) is 18.5 Å². The third-order valence-corrected chi connectivity index (χ3v) is 5.04. The van der Waals surface area contributed by atoms with E-state index in [4.69, 9.17) is 19.4 Å². The minimum Gasteiger partial charge on any atom is -0.494 e. The summed E-state index contributed by atoms with van der Waals surface area (Å²) in [5.74, 6) is 2.27. The lowest BCUT2D eigenvalue weighted by Crippen LogP contribution is -2.43. The average Bonchev–Trinajstić information content (AvgIpc) is 3.21. The van der Waals surface area contributed by atoms with E-state index in [2.05, 4.69) is 20.8 Å². The number of ether oxygens (including phenoxy) is 2. The van der Waals surface area contributed by atoms with Gasteiger partial charge in [0.05, 0.1) is 29.7 Å². The minimum atomic E-state index is -0.319. The van der Waals surface area contributed by atoms with Crippen LogP contribution in [0.4, 0.5) is 11.5 Å². The lowest BCUT2D eigenvalue weighted by molar-refractivity contribution is -0.124. The molecule has 0 aliphatic carbocycles. The van der Waals surface area contributed by atoms with Crippen LogP contribution in [0.25, 0.3) is 22.3 Å². The highest BCUT2D eigenvalue weighted by Crippen LogP contribution is 2.31. The predicted octanol–water partition coefficient (Wildman–Crippen LogP) is 4.76. The van der Waals surface area contributed by atoms with Gasteiger partial charge in [-0.2, -0.15) is 5.10 Å². The Morgan fingerprint density at radius 1 is 1.06 bits per heavy atom. The highest BCUT2D eigenvalue weighted by Gasteiger charge is 2.15. The van der Waals surface area contributed by atoms with E-state index in [1.807, 2.05) is 71.0 Å². The highest BCUT2D eigenvalue weighted by molar-refractivity contribution is 5.93. The van der Waals surface area contributed by atoms with Crippen molar-refractivity contribution in [1.82, 2.24) is 25.5 Å². The fourth-order valence-corrected chi connectivity index (χ4v) is 3.52. The summed E-state index contributed by atoms with van der Waals surface area (Å²) in [4.78, 5) is 21.7. The number of aromatic nitrogens is 4. The van der Waals surface area contributed by atoms with Crippen molar-refractivity contribution in [3.05, 3.63) is 54.4 Å². The summed E-state index contributed by atoms with van der Waals surface area (Å²) < 4.78 is 11.4. The van der Waals surface area contributed by atoms with E-state index in [9.17, 15) is 4.79 Å². The van der Waals surface area contributed by atoms with Gasteiger partial charge in [-0.25, -0.2) is 9.97 Å². The first-order chi connectivity index (χ1) is 16.7. The van der Waals surface area contributed by atoms with E-state index in [-0.39, 0.29) is 18.1 Å². The van der Waals surface area contributed by atoms with E-state index in [0.717, 1.165) is 33.6 Å². The fraction of sp³-hybridized carbons (Fsp3) is 0.308. The number of nitrogens with one attached hydrogen (secondary N) is 3. The molecule has 2 aromatic carbocycles. The van der Waals surface area contributed by atoms with Crippen molar-refractivity contribution in [3.8, 4) is 22.9 Å². The molecule has 0 bridgehead atoms. The average molecular weight is 475 g/mol. The van der Waals surface area contributed by atoms with Crippen molar-refractivity contribution < 1.29 is 14.3 Å². The molecule has 1 amide bonds. The maximum absolute atomic E-state index is 12.1. The number of rotatable bonds is 8. The van der Waals surface area contributed by atoms with Gasteiger partial charge in [-0.15, -0.1) is 0 Å². The molecule has 2 aromatic heterocycles. The van der Waals surface area contributed by atoms with Crippen LogP contribution < -0.4 is 20.1 Å². The molecule has 0 radical (unpaired) electrons. The van der Waals surface area contributed by atoms with Crippen molar-refractivity contribution in [1.29, 1.82) is 0 Å². The molecular weight excluding hydrogens is 444 g/mol. The molecule has 0 unspecified atom stereocenters. The largest absolute Gasteiger partial charge is 0.494 e. The summed E-state index contributed by atoms with van der Waals surface area (Å²) in [5, 5.41) is 14.1. The number of H-pyrrole nitrogens is 1. The van der Waals surface area contributed by atoms with Gasteiger partial charge in [0.25, 0.3) is 5.91 Å². The van der Waals surface area contributed by atoms with E-state index in [1.165, 1.54) is 0 Å². The molecule has 9 heteroatoms. The molecule has 4 rings (SSSR count). The van der Waals surface area contributed by atoms with Gasteiger partial charge in [0.1, 0.15) is 17.3 Å². The number of amides is 1. The third-order valence-electron chi connectivity index (χ3n) is 5.04. The fourth-order valence-electron chi connectivity index (χ4n) is 3.52. The number of anilines is 2. The van der Waals surface area contributed by atoms with Crippen molar-refractivity contribution in [2.45, 2.75) is 40.2 Å². The van der Waals surface area contributed by atoms with Gasteiger partial charge in [-0.05, 0) is 65.0 Å². The van der Waals surface area contributed by atoms with E-state index >= 15 is 0 Å². The van der Waals surface area contributed by atoms with Gasteiger partial charge in [0.15, 0.2) is 12.4 Å². The molecule has 9 nitrogen and oxygen atoms in total. The van der Waals surface area contributed by atoms with Crippen LogP contribution in [0.5, 0.6) is 11.5 Å². The number of benzene rings is 2. The van der Waals surface area contributed by atoms with Gasteiger partial charge in [0.2, 0.25) is 0 Å². The predicted molar refractivity (Wildman–Crippen MR) is 136 cm³/mol. The Bertz CT molecular complexity index is 1340. The zero-order valence-corrected chi connectivity index (χ0v) is 20.6. The third kappa shape index (κ3) is 6.06. The van der Waals surface area contributed by atoms with Gasteiger partial charge >= 0.3 is 0 Å². The maximum Gasteiger partial charge on any atom is 0.258 e. The second-order valence-corrected chi connectivity index (χ2v) is 9.16. The van der Waals surface area contributed by atoms with Gasteiger partial charge in [-0.1, -0.05) is 12.1 Å². The second kappa shape index (κ2) is 10.0. The summed E-state index contributed by atoms with van der Waals surface area (Å²) >= 11 is 0. The second-order valence-electron chi connectivity index (χ2n) is 9.16. The Hall–Kier alpha value is -4.14. The normalized spacial score (nSPS) is 11.3. The summed E-state index contributed by atoms with van der Waals surface area (Å²) in [6, 6.07) is 13.1. The highest BCUT2D eigenvalue weighted by atomic mass is 16.5. The molecule has 182 valence electrons. The molecule has 3 N–H and O–H groups in total. The zero-order chi connectivity index (χ0) is 25.0. The molecule has 2 heterocycles.